The van der Waals surface area contributed by atoms with E-state index in [2.05, 4.69) is 10.2 Å². The van der Waals surface area contributed by atoms with Crippen molar-refractivity contribution in [3.05, 3.63) is 64.8 Å². The number of likely N-dealkylation sites (tertiary alicyclic amines) is 1. The first-order valence-electron chi connectivity index (χ1n) is 10.4. The second-order valence-electron chi connectivity index (χ2n) is 8.04. The Kier molecular flexibility index (Phi) is 6.30. The molecule has 7 heteroatoms. The predicted octanol–water partition coefficient (Wildman–Crippen LogP) is 3.80. The Morgan fingerprint density at radius 3 is 2.61 bits per heavy atom. The number of likely N-dealkylation sites (N-methyl/N-ethyl adjacent to an activating group) is 1. The van der Waals surface area contributed by atoms with E-state index in [0.717, 1.165) is 36.8 Å². The molecule has 0 aliphatic carbocycles. The molecule has 1 amide bonds. The number of fused-ring (bicyclic) bond motifs is 1. The largest absolute Gasteiger partial charge is 0.487 e. The van der Waals surface area contributed by atoms with Crippen LogP contribution in [-0.4, -0.2) is 47.3 Å². The molecule has 6 nitrogen and oxygen atoms in total. The van der Waals surface area contributed by atoms with Crippen LogP contribution in [0, 0.1) is 0 Å². The smallest absolute Gasteiger partial charge is 0.292 e. The number of carbonyl (C=O) groups excluding carboxylic acids is 2. The van der Waals surface area contributed by atoms with Crippen molar-refractivity contribution < 1.29 is 14.3 Å². The summed E-state index contributed by atoms with van der Waals surface area (Å²) in [6.07, 6.45) is 1.88. The van der Waals surface area contributed by atoms with Gasteiger partial charge in [0.2, 0.25) is 0 Å². The van der Waals surface area contributed by atoms with Gasteiger partial charge in [0, 0.05) is 35.6 Å². The molecule has 1 aliphatic rings. The molecule has 1 aromatic heterocycles. The molecular weight excluding hydrogens is 414 g/mol. The minimum atomic E-state index is -0.565. The summed E-state index contributed by atoms with van der Waals surface area (Å²) in [6, 6.07) is 14.6. The number of benzene rings is 2. The average molecular weight is 440 g/mol. The average Bonchev–Trinajstić information content (AvgIpc) is 3.04. The van der Waals surface area contributed by atoms with Gasteiger partial charge in [-0.15, -0.1) is 0 Å². The summed E-state index contributed by atoms with van der Waals surface area (Å²) in [4.78, 5) is 28.4. The summed E-state index contributed by atoms with van der Waals surface area (Å²) in [5.41, 5.74) is 1.94. The van der Waals surface area contributed by atoms with E-state index < -0.39 is 11.7 Å². The van der Waals surface area contributed by atoms with Gasteiger partial charge in [-0.25, -0.2) is 0 Å². The molecular formula is C24H26ClN3O3. The van der Waals surface area contributed by atoms with Crippen LogP contribution in [0.2, 0.25) is 5.02 Å². The van der Waals surface area contributed by atoms with Crippen molar-refractivity contribution in [2.45, 2.75) is 25.5 Å². The number of amides is 1. The van der Waals surface area contributed by atoms with Gasteiger partial charge in [0.25, 0.3) is 11.7 Å². The molecule has 4 rings (SSSR count). The second-order valence-corrected chi connectivity index (χ2v) is 8.48. The van der Waals surface area contributed by atoms with Crippen LogP contribution in [0.15, 0.2) is 48.5 Å². The maximum atomic E-state index is 13.3. The lowest BCUT2D eigenvalue weighted by Gasteiger charge is -2.29. The highest BCUT2D eigenvalue weighted by Gasteiger charge is 2.28. The van der Waals surface area contributed by atoms with Crippen LogP contribution >= 0.6 is 11.6 Å². The van der Waals surface area contributed by atoms with Crippen molar-refractivity contribution in [3.8, 4) is 5.75 Å². The molecule has 0 saturated carbocycles. The van der Waals surface area contributed by atoms with Gasteiger partial charge in [-0.3, -0.25) is 9.59 Å². The minimum Gasteiger partial charge on any atom is -0.487 e. The van der Waals surface area contributed by atoms with Crippen LogP contribution in [0.3, 0.4) is 0 Å². The van der Waals surface area contributed by atoms with E-state index in [1.54, 1.807) is 24.3 Å². The van der Waals surface area contributed by atoms with Crippen molar-refractivity contribution in [1.29, 1.82) is 0 Å². The van der Waals surface area contributed by atoms with Crippen LogP contribution in [0.5, 0.6) is 5.75 Å². The minimum absolute atomic E-state index is 0.0149. The number of nitrogens with one attached hydrogen (secondary N) is 1. The molecule has 0 bridgehead atoms. The van der Waals surface area contributed by atoms with E-state index >= 15 is 0 Å². The zero-order valence-electron chi connectivity index (χ0n) is 17.7. The summed E-state index contributed by atoms with van der Waals surface area (Å²) in [5.74, 6) is -0.452. The van der Waals surface area contributed by atoms with Crippen LogP contribution in [-0.2, 0) is 18.4 Å². The van der Waals surface area contributed by atoms with E-state index in [4.69, 9.17) is 16.3 Å². The normalized spacial score (nSPS) is 16.9. The summed E-state index contributed by atoms with van der Waals surface area (Å²) >= 11 is 5.95. The van der Waals surface area contributed by atoms with Crippen molar-refractivity contribution >= 4 is 34.2 Å². The summed E-state index contributed by atoms with van der Waals surface area (Å²) in [5, 5.41) is 4.31. The third kappa shape index (κ3) is 4.60. The highest BCUT2D eigenvalue weighted by molar-refractivity contribution is 6.45. The molecule has 2 aromatic carbocycles. The Hall–Kier alpha value is -2.83. The highest BCUT2D eigenvalue weighted by Crippen LogP contribution is 2.27. The molecule has 0 spiro atoms. The van der Waals surface area contributed by atoms with E-state index in [1.165, 1.54) is 0 Å². The van der Waals surface area contributed by atoms with Gasteiger partial charge in [0.15, 0.2) is 0 Å². The van der Waals surface area contributed by atoms with Crippen molar-refractivity contribution in [2.24, 2.45) is 7.05 Å². The first-order valence-corrected chi connectivity index (χ1v) is 10.8. The molecule has 1 fully saturated rings. The first-order chi connectivity index (χ1) is 14.9. The number of aryl methyl sites for hydroxylation is 1. The molecule has 1 unspecified atom stereocenters. The van der Waals surface area contributed by atoms with Gasteiger partial charge in [0.05, 0.1) is 11.3 Å². The Bertz CT molecular complexity index is 1110. The number of ketones is 1. The first kappa shape index (κ1) is 21.4. The molecule has 1 atom stereocenters. The maximum Gasteiger partial charge on any atom is 0.292 e. The Labute approximate surface area is 186 Å². The standard InChI is InChI=1S/C24H26ClN3O3/c1-27-13-5-6-17(14-27)26-24(30)23(29)22-19-7-3-4-8-20(19)28(2)21(22)15-31-18-11-9-16(25)10-12-18/h3-4,7-12,17H,5-6,13-15H2,1-2H3,(H,26,30). The van der Waals surface area contributed by atoms with Crippen molar-refractivity contribution in [1.82, 2.24) is 14.8 Å². The van der Waals surface area contributed by atoms with Crippen molar-refractivity contribution in [2.75, 3.05) is 20.1 Å². The summed E-state index contributed by atoms with van der Waals surface area (Å²) in [6.45, 7) is 1.92. The lowest BCUT2D eigenvalue weighted by Crippen LogP contribution is -2.48. The van der Waals surface area contributed by atoms with Crippen LogP contribution in [0.4, 0.5) is 0 Å². The van der Waals surface area contributed by atoms with Gasteiger partial charge >= 0.3 is 0 Å². The fourth-order valence-corrected chi connectivity index (χ4v) is 4.33. The van der Waals surface area contributed by atoms with Gasteiger partial charge in [-0.1, -0.05) is 29.8 Å². The number of nitrogens with zero attached hydrogens (tertiary/aromatic N) is 2. The molecule has 162 valence electrons. The molecule has 0 radical (unpaired) electrons. The lowest BCUT2D eigenvalue weighted by atomic mass is 10.0. The van der Waals surface area contributed by atoms with E-state index in [9.17, 15) is 9.59 Å². The number of halogens is 1. The Morgan fingerprint density at radius 2 is 1.87 bits per heavy atom. The molecule has 2 heterocycles. The summed E-state index contributed by atoms with van der Waals surface area (Å²) in [7, 11) is 3.91. The number of carbonyl (C=O) groups is 2. The number of ether oxygens (including phenoxy) is 1. The second kappa shape index (κ2) is 9.12. The summed E-state index contributed by atoms with van der Waals surface area (Å²) < 4.78 is 7.84. The number of Topliss-reactive ketones (excluding diaryl/α,β-unsaturated/α-hetero) is 1. The number of rotatable bonds is 6. The molecule has 1 N–H and O–H groups in total. The van der Waals surface area contributed by atoms with E-state index in [0.29, 0.717) is 22.0 Å². The van der Waals surface area contributed by atoms with Crippen LogP contribution < -0.4 is 10.1 Å². The third-order valence-corrected chi connectivity index (χ3v) is 6.06. The number of piperidine rings is 1. The van der Waals surface area contributed by atoms with Gasteiger partial charge in [-0.2, -0.15) is 0 Å². The van der Waals surface area contributed by atoms with Gasteiger partial charge in [0.1, 0.15) is 12.4 Å². The number of hydrogen-bond acceptors (Lipinski definition) is 4. The van der Waals surface area contributed by atoms with Gasteiger partial charge in [-0.05, 0) is 56.8 Å². The van der Waals surface area contributed by atoms with Crippen LogP contribution in [0.1, 0.15) is 28.9 Å². The van der Waals surface area contributed by atoms with E-state index in [-0.39, 0.29) is 12.6 Å². The fraction of sp³-hybridized carbons (Fsp3) is 0.333. The van der Waals surface area contributed by atoms with Crippen LogP contribution in [0.25, 0.3) is 10.9 Å². The molecule has 31 heavy (non-hydrogen) atoms. The highest BCUT2D eigenvalue weighted by atomic mass is 35.5. The third-order valence-electron chi connectivity index (χ3n) is 5.81. The lowest BCUT2D eigenvalue weighted by molar-refractivity contribution is -0.118. The van der Waals surface area contributed by atoms with Gasteiger partial charge < -0.3 is 19.5 Å². The molecule has 3 aromatic rings. The quantitative estimate of drug-likeness (QED) is 0.468. The van der Waals surface area contributed by atoms with E-state index in [1.807, 2.05) is 42.9 Å². The fourth-order valence-electron chi connectivity index (χ4n) is 4.20. The number of para-hydroxylation sites is 1. The zero-order chi connectivity index (χ0) is 22.0. The molecule has 1 saturated heterocycles. The van der Waals surface area contributed by atoms with Crippen molar-refractivity contribution in [3.63, 3.8) is 0 Å². The monoisotopic (exact) mass is 439 g/mol. The SMILES string of the molecule is CN1CCCC(NC(=O)C(=O)c2c(COc3ccc(Cl)cc3)n(C)c3ccccc23)C1. The number of hydrogen-bond donors (Lipinski definition) is 1. The maximum absolute atomic E-state index is 13.3. The predicted molar refractivity (Wildman–Crippen MR) is 122 cm³/mol. The Morgan fingerprint density at radius 1 is 1.13 bits per heavy atom. The topological polar surface area (TPSA) is 63.6 Å². The Balaban J connectivity index is 1.62. The zero-order valence-corrected chi connectivity index (χ0v) is 18.5. The molecule has 1 aliphatic heterocycles. The number of aromatic nitrogens is 1.